The number of fused-ring (bicyclic) bond motifs is 1. The highest BCUT2D eigenvalue weighted by Crippen LogP contribution is 2.38. The maximum absolute atomic E-state index is 12.9. The zero-order valence-electron chi connectivity index (χ0n) is 18.9. The fourth-order valence-corrected chi connectivity index (χ4v) is 6.21. The summed E-state index contributed by atoms with van der Waals surface area (Å²) in [4.78, 5) is 28.0. The lowest BCUT2D eigenvalue weighted by atomic mass is 9.94. The number of nitrogens with zero attached hydrogens (tertiary/aromatic N) is 1. The van der Waals surface area contributed by atoms with Gasteiger partial charge in [-0.15, -0.1) is 11.8 Å². The van der Waals surface area contributed by atoms with Gasteiger partial charge in [-0.3, -0.25) is 19.8 Å². The van der Waals surface area contributed by atoms with E-state index in [1.54, 1.807) is 11.8 Å². The van der Waals surface area contributed by atoms with Crippen LogP contribution in [0.3, 0.4) is 0 Å². The minimum Gasteiger partial charge on any atom is -0.355 e. The average Bonchev–Trinajstić information content (AvgIpc) is 3.30. The van der Waals surface area contributed by atoms with Crippen molar-refractivity contribution in [3.8, 4) is 0 Å². The summed E-state index contributed by atoms with van der Waals surface area (Å²) in [5.74, 6) is 0.0490. The Kier molecular flexibility index (Phi) is 7.25. The Balaban J connectivity index is 1.18. The Bertz CT molecular complexity index is 1060. The van der Waals surface area contributed by atoms with Crippen LogP contribution in [0.5, 0.6) is 0 Å². The molecule has 2 fully saturated rings. The summed E-state index contributed by atoms with van der Waals surface area (Å²) in [6.45, 7) is 2.07. The van der Waals surface area contributed by atoms with Gasteiger partial charge in [0, 0.05) is 24.7 Å². The van der Waals surface area contributed by atoms with Crippen molar-refractivity contribution in [2.24, 2.45) is 5.92 Å². The van der Waals surface area contributed by atoms with Gasteiger partial charge in [0.1, 0.15) is 11.5 Å². The normalized spacial score (nSPS) is 27.0. The van der Waals surface area contributed by atoms with Crippen LogP contribution in [0, 0.1) is 5.92 Å². The second kappa shape index (κ2) is 10.5. The molecule has 0 radical (unpaired) electrons. The van der Waals surface area contributed by atoms with Crippen LogP contribution in [-0.2, 0) is 16.0 Å². The monoisotopic (exact) mass is 496 g/mol. The Morgan fingerprint density at radius 3 is 2.74 bits per heavy atom. The molecule has 34 heavy (non-hydrogen) atoms. The molecule has 3 heterocycles. The first kappa shape index (κ1) is 23.4. The number of hydrogen-bond acceptors (Lipinski definition) is 5. The number of amides is 2. The maximum Gasteiger partial charge on any atom is 0.237 e. The van der Waals surface area contributed by atoms with Crippen LogP contribution >= 0.6 is 23.4 Å². The van der Waals surface area contributed by atoms with E-state index in [4.69, 9.17) is 11.6 Å². The lowest BCUT2D eigenvalue weighted by Crippen LogP contribution is -2.69. The number of benzene rings is 2. The maximum atomic E-state index is 12.9. The molecular formula is C26H29ClN4O2S. The van der Waals surface area contributed by atoms with E-state index in [-0.39, 0.29) is 35.3 Å². The fraction of sp³-hybridized carbons (Fsp3) is 0.385. The van der Waals surface area contributed by atoms with Gasteiger partial charge in [-0.05, 0) is 53.5 Å². The van der Waals surface area contributed by atoms with Crippen molar-refractivity contribution in [2.45, 2.75) is 36.8 Å². The Hall–Kier alpha value is -2.32. The average molecular weight is 497 g/mol. The second-order valence-electron chi connectivity index (χ2n) is 9.05. The fourth-order valence-electron chi connectivity index (χ4n) is 4.94. The number of halogens is 1. The molecule has 0 saturated carbocycles. The molecule has 4 atom stereocenters. The van der Waals surface area contributed by atoms with Crippen molar-refractivity contribution in [1.29, 1.82) is 0 Å². The SMILES string of the molecule is O=C(NCCc1ccc(Cl)cc1)C1CCCN(C2NC(=O)C3SC=C(c4ccccc4)C3N2)C1. The molecule has 3 aliphatic heterocycles. The first-order valence-electron chi connectivity index (χ1n) is 11.8. The first-order chi connectivity index (χ1) is 16.6. The van der Waals surface area contributed by atoms with Crippen molar-refractivity contribution in [2.75, 3.05) is 19.6 Å². The molecule has 2 saturated heterocycles. The van der Waals surface area contributed by atoms with Crippen LogP contribution in [0.1, 0.15) is 24.0 Å². The number of nitrogens with one attached hydrogen (secondary N) is 3. The second-order valence-corrected chi connectivity index (χ2v) is 10.5. The van der Waals surface area contributed by atoms with E-state index in [2.05, 4.69) is 38.4 Å². The van der Waals surface area contributed by atoms with Crippen LogP contribution in [-0.4, -0.2) is 53.9 Å². The van der Waals surface area contributed by atoms with Crippen molar-refractivity contribution in [3.05, 3.63) is 76.2 Å². The van der Waals surface area contributed by atoms with E-state index in [9.17, 15) is 9.59 Å². The molecular weight excluding hydrogens is 468 g/mol. The van der Waals surface area contributed by atoms with Crippen LogP contribution in [0.25, 0.3) is 5.57 Å². The number of piperidine rings is 1. The molecule has 8 heteroatoms. The van der Waals surface area contributed by atoms with E-state index < -0.39 is 0 Å². The summed E-state index contributed by atoms with van der Waals surface area (Å²) in [6, 6.07) is 17.9. The van der Waals surface area contributed by atoms with Gasteiger partial charge >= 0.3 is 0 Å². The molecule has 2 amide bonds. The third kappa shape index (κ3) is 5.18. The highest BCUT2D eigenvalue weighted by atomic mass is 35.5. The molecule has 3 aliphatic rings. The summed E-state index contributed by atoms with van der Waals surface area (Å²) >= 11 is 7.52. The van der Waals surface area contributed by atoms with E-state index in [0.717, 1.165) is 42.5 Å². The summed E-state index contributed by atoms with van der Waals surface area (Å²) in [6.07, 6.45) is 2.29. The first-order valence-corrected chi connectivity index (χ1v) is 13.1. The smallest absolute Gasteiger partial charge is 0.237 e. The minimum absolute atomic E-state index is 0.0419. The van der Waals surface area contributed by atoms with E-state index >= 15 is 0 Å². The van der Waals surface area contributed by atoms with Crippen molar-refractivity contribution in [3.63, 3.8) is 0 Å². The van der Waals surface area contributed by atoms with Crippen molar-refractivity contribution in [1.82, 2.24) is 20.9 Å². The van der Waals surface area contributed by atoms with Crippen LogP contribution in [0.4, 0.5) is 0 Å². The molecule has 4 unspecified atom stereocenters. The topological polar surface area (TPSA) is 73.5 Å². The quantitative estimate of drug-likeness (QED) is 0.572. The van der Waals surface area contributed by atoms with Gasteiger partial charge < -0.3 is 10.6 Å². The minimum atomic E-state index is -0.274. The number of hydrogen-bond donors (Lipinski definition) is 3. The molecule has 0 spiro atoms. The zero-order valence-corrected chi connectivity index (χ0v) is 20.4. The van der Waals surface area contributed by atoms with Gasteiger partial charge in [-0.2, -0.15) is 0 Å². The van der Waals surface area contributed by atoms with Gasteiger partial charge in [0.25, 0.3) is 0 Å². The van der Waals surface area contributed by atoms with Crippen LogP contribution in [0.15, 0.2) is 60.0 Å². The summed E-state index contributed by atoms with van der Waals surface area (Å²) < 4.78 is 0. The van der Waals surface area contributed by atoms with Crippen molar-refractivity contribution < 1.29 is 9.59 Å². The molecule has 0 bridgehead atoms. The number of thioether (sulfide) groups is 1. The zero-order chi connectivity index (χ0) is 23.5. The Labute approximate surface area is 209 Å². The molecule has 5 rings (SSSR count). The molecule has 6 nitrogen and oxygen atoms in total. The highest BCUT2D eigenvalue weighted by molar-refractivity contribution is 8.04. The lowest BCUT2D eigenvalue weighted by Gasteiger charge is -2.43. The number of carbonyl (C=O) groups excluding carboxylic acids is 2. The van der Waals surface area contributed by atoms with Gasteiger partial charge in [-0.25, -0.2) is 0 Å². The third-order valence-corrected chi connectivity index (χ3v) is 8.20. The predicted octanol–water partition coefficient (Wildman–Crippen LogP) is 3.24. The molecule has 2 aromatic rings. The van der Waals surface area contributed by atoms with E-state index in [1.165, 1.54) is 0 Å². The molecule has 0 aliphatic carbocycles. The van der Waals surface area contributed by atoms with E-state index in [0.29, 0.717) is 18.1 Å². The number of carbonyl (C=O) groups is 2. The predicted molar refractivity (Wildman–Crippen MR) is 137 cm³/mol. The number of rotatable bonds is 6. The van der Waals surface area contributed by atoms with Gasteiger partial charge in [-0.1, -0.05) is 54.1 Å². The summed E-state index contributed by atoms with van der Waals surface area (Å²) in [5.41, 5.74) is 3.44. The summed E-state index contributed by atoms with van der Waals surface area (Å²) in [7, 11) is 0. The van der Waals surface area contributed by atoms with Crippen LogP contribution in [0.2, 0.25) is 5.02 Å². The lowest BCUT2D eigenvalue weighted by molar-refractivity contribution is -0.129. The molecule has 3 N–H and O–H groups in total. The molecule has 2 aromatic carbocycles. The van der Waals surface area contributed by atoms with Gasteiger partial charge in [0.05, 0.1) is 12.0 Å². The Morgan fingerprint density at radius 1 is 1.15 bits per heavy atom. The Morgan fingerprint density at radius 2 is 1.94 bits per heavy atom. The van der Waals surface area contributed by atoms with Crippen LogP contribution < -0.4 is 16.0 Å². The van der Waals surface area contributed by atoms with Gasteiger partial charge in [0.15, 0.2) is 0 Å². The largest absolute Gasteiger partial charge is 0.355 e. The standard InChI is InChI=1S/C26H29ClN4O2S/c27-20-10-8-17(9-11-20)12-13-28-24(32)19-7-4-14-31(15-19)26-29-22-21(18-5-2-1-3-6-18)16-34-23(22)25(33)30-26/h1-3,5-6,8-11,16,19,22-23,26,29H,4,7,12-15H2,(H,28,32)(H,30,33). The van der Waals surface area contributed by atoms with E-state index in [1.807, 2.05) is 42.5 Å². The highest BCUT2D eigenvalue weighted by Gasteiger charge is 2.44. The molecule has 178 valence electrons. The van der Waals surface area contributed by atoms with Crippen molar-refractivity contribution >= 4 is 40.8 Å². The number of likely N-dealkylation sites (tertiary alicyclic amines) is 1. The molecule has 0 aromatic heterocycles. The van der Waals surface area contributed by atoms with Gasteiger partial charge in [0.2, 0.25) is 11.8 Å². The third-order valence-electron chi connectivity index (χ3n) is 6.78. The summed E-state index contributed by atoms with van der Waals surface area (Å²) in [5, 5.41) is 12.5.